The smallest absolute Gasteiger partial charge is 0.255 e. The van der Waals surface area contributed by atoms with E-state index < -0.39 is 5.91 Å². The van der Waals surface area contributed by atoms with Crippen molar-refractivity contribution in [3.8, 4) is 16.9 Å². The van der Waals surface area contributed by atoms with E-state index >= 15 is 0 Å². The van der Waals surface area contributed by atoms with E-state index in [0.717, 1.165) is 30.6 Å². The van der Waals surface area contributed by atoms with Gasteiger partial charge in [0.2, 0.25) is 0 Å². The summed E-state index contributed by atoms with van der Waals surface area (Å²) >= 11 is 0. The number of aryl methyl sites for hydroxylation is 1. The van der Waals surface area contributed by atoms with Crippen molar-refractivity contribution >= 4 is 5.91 Å². The zero-order chi connectivity index (χ0) is 15.5. The highest BCUT2D eigenvalue weighted by Gasteiger charge is 2.16. The van der Waals surface area contributed by atoms with E-state index in [1.54, 1.807) is 0 Å². The van der Waals surface area contributed by atoms with Crippen LogP contribution >= 0.6 is 0 Å². The van der Waals surface area contributed by atoms with E-state index in [-0.39, 0.29) is 6.61 Å². The van der Waals surface area contributed by atoms with Crippen LogP contribution in [-0.2, 0) is 17.8 Å². The Morgan fingerprint density at radius 2 is 2.14 bits per heavy atom. The van der Waals surface area contributed by atoms with E-state index in [1.807, 2.05) is 12.1 Å². The summed E-state index contributed by atoms with van der Waals surface area (Å²) in [6, 6.07) is 12.3. The molecule has 1 aliphatic rings. The number of carbonyl (C=O) groups is 1. The van der Waals surface area contributed by atoms with Gasteiger partial charge in [0, 0.05) is 12.1 Å². The molecule has 4 heteroatoms. The number of hydrogen-bond donors (Lipinski definition) is 2. The predicted molar refractivity (Wildman–Crippen MR) is 86.7 cm³/mol. The SMILES string of the molecule is Cc1ccc(OCC(N)=O)c(-c2cccc3c2CCNC3)c1. The molecular formula is C18H20N2O2. The first-order valence-electron chi connectivity index (χ1n) is 7.49. The third-order valence-electron chi connectivity index (χ3n) is 3.94. The first-order chi connectivity index (χ1) is 10.6. The number of nitrogens with one attached hydrogen (secondary N) is 1. The Hall–Kier alpha value is -2.33. The van der Waals surface area contributed by atoms with Gasteiger partial charge in [0.05, 0.1) is 0 Å². The van der Waals surface area contributed by atoms with Crippen molar-refractivity contribution in [3.63, 3.8) is 0 Å². The second-order valence-corrected chi connectivity index (χ2v) is 5.62. The van der Waals surface area contributed by atoms with Gasteiger partial charge in [-0.1, -0.05) is 29.8 Å². The average Bonchev–Trinajstić information content (AvgIpc) is 2.53. The first-order valence-corrected chi connectivity index (χ1v) is 7.49. The minimum absolute atomic E-state index is 0.105. The molecule has 22 heavy (non-hydrogen) atoms. The number of hydrogen-bond acceptors (Lipinski definition) is 3. The van der Waals surface area contributed by atoms with Crippen molar-refractivity contribution in [2.24, 2.45) is 5.73 Å². The van der Waals surface area contributed by atoms with Gasteiger partial charge in [0.1, 0.15) is 5.75 Å². The highest BCUT2D eigenvalue weighted by Crippen LogP contribution is 2.35. The highest BCUT2D eigenvalue weighted by molar-refractivity contribution is 5.78. The second-order valence-electron chi connectivity index (χ2n) is 5.62. The van der Waals surface area contributed by atoms with Crippen molar-refractivity contribution in [2.75, 3.05) is 13.2 Å². The highest BCUT2D eigenvalue weighted by atomic mass is 16.5. The molecule has 3 rings (SSSR count). The van der Waals surface area contributed by atoms with Crippen LogP contribution in [0.15, 0.2) is 36.4 Å². The van der Waals surface area contributed by atoms with Gasteiger partial charge in [-0.15, -0.1) is 0 Å². The Kier molecular flexibility index (Phi) is 4.11. The van der Waals surface area contributed by atoms with E-state index in [1.165, 1.54) is 16.7 Å². The van der Waals surface area contributed by atoms with Crippen molar-refractivity contribution in [1.82, 2.24) is 5.32 Å². The summed E-state index contributed by atoms with van der Waals surface area (Å²) in [5.74, 6) is 0.238. The van der Waals surface area contributed by atoms with Crippen LogP contribution < -0.4 is 15.8 Å². The molecule has 0 radical (unpaired) electrons. The molecule has 0 spiro atoms. The van der Waals surface area contributed by atoms with Crippen molar-refractivity contribution in [1.29, 1.82) is 0 Å². The number of ether oxygens (including phenoxy) is 1. The Bertz CT molecular complexity index is 710. The third-order valence-corrected chi connectivity index (χ3v) is 3.94. The van der Waals surface area contributed by atoms with Gasteiger partial charge in [-0.05, 0) is 48.7 Å². The number of fused-ring (bicyclic) bond motifs is 1. The van der Waals surface area contributed by atoms with Gasteiger partial charge >= 0.3 is 0 Å². The minimum Gasteiger partial charge on any atom is -0.483 e. The summed E-state index contributed by atoms with van der Waals surface area (Å²) in [4.78, 5) is 11.0. The Morgan fingerprint density at radius 3 is 2.95 bits per heavy atom. The van der Waals surface area contributed by atoms with Crippen LogP contribution in [-0.4, -0.2) is 19.1 Å². The second kappa shape index (κ2) is 6.20. The lowest BCUT2D eigenvalue weighted by atomic mass is 9.90. The number of nitrogens with two attached hydrogens (primary N) is 1. The van der Waals surface area contributed by atoms with Crippen LogP contribution in [0.1, 0.15) is 16.7 Å². The summed E-state index contributed by atoms with van der Waals surface area (Å²) < 4.78 is 5.61. The van der Waals surface area contributed by atoms with E-state index in [0.29, 0.717) is 5.75 Å². The lowest BCUT2D eigenvalue weighted by molar-refractivity contribution is -0.119. The standard InChI is InChI=1S/C18H20N2O2/c1-12-5-6-17(22-11-18(19)21)16(9-12)15-4-2-3-13-10-20-8-7-14(13)15/h2-6,9,20H,7-8,10-11H2,1H3,(H2,19,21). The van der Waals surface area contributed by atoms with E-state index in [4.69, 9.17) is 10.5 Å². The predicted octanol–water partition coefficient (Wildman–Crippen LogP) is 2.17. The Balaban J connectivity index is 2.07. The normalized spacial score (nSPS) is 13.5. The largest absolute Gasteiger partial charge is 0.483 e. The molecule has 0 unspecified atom stereocenters. The molecular weight excluding hydrogens is 276 g/mol. The average molecular weight is 296 g/mol. The molecule has 1 amide bonds. The fourth-order valence-corrected chi connectivity index (χ4v) is 2.91. The number of carbonyl (C=O) groups excluding carboxylic acids is 1. The molecule has 3 N–H and O–H groups in total. The molecule has 1 heterocycles. The van der Waals surface area contributed by atoms with Crippen LogP contribution in [0.5, 0.6) is 5.75 Å². The van der Waals surface area contributed by atoms with Crippen molar-refractivity contribution < 1.29 is 9.53 Å². The number of rotatable bonds is 4. The first kappa shape index (κ1) is 14.6. The fraction of sp³-hybridized carbons (Fsp3) is 0.278. The van der Waals surface area contributed by atoms with Crippen molar-refractivity contribution in [3.05, 3.63) is 53.1 Å². The maximum atomic E-state index is 11.0. The van der Waals surface area contributed by atoms with Crippen LogP contribution in [0.25, 0.3) is 11.1 Å². The molecule has 1 aliphatic heterocycles. The molecule has 2 aromatic carbocycles. The molecule has 2 aromatic rings. The quantitative estimate of drug-likeness (QED) is 0.909. The van der Waals surface area contributed by atoms with Gasteiger partial charge in [-0.3, -0.25) is 4.79 Å². The Morgan fingerprint density at radius 1 is 1.27 bits per heavy atom. The van der Waals surface area contributed by atoms with E-state index in [9.17, 15) is 4.79 Å². The van der Waals surface area contributed by atoms with Gasteiger partial charge < -0.3 is 15.8 Å². The summed E-state index contributed by atoms with van der Waals surface area (Å²) in [6.45, 7) is 3.82. The van der Waals surface area contributed by atoms with Crippen molar-refractivity contribution in [2.45, 2.75) is 19.9 Å². The van der Waals surface area contributed by atoms with Crippen LogP contribution in [0.3, 0.4) is 0 Å². The fourth-order valence-electron chi connectivity index (χ4n) is 2.91. The number of primary amides is 1. The maximum Gasteiger partial charge on any atom is 0.255 e. The van der Waals surface area contributed by atoms with Gasteiger partial charge in [0.15, 0.2) is 6.61 Å². The summed E-state index contributed by atoms with van der Waals surface area (Å²) in [6.07, 6.45) is 0.995. The molecule has 0 saturated carbocycles. The number of benzene rings is 2. The molecule has 0 fully saturated rings. The molecule has 4 nitrogen and oxygen atoms in total. The maximum absolute atomic E-state index is 11.0. The zero-order valence-electron chi connectivity index (χ0n) is 12.7. The van der Waals surface area contributed by atoms with E-state index in [2.05, 4.69) is 36.5 Å². The molecule has 0 bridgehead atoms. The molecule has 114 valence electrons. The summed E-state index contributed by atoms with van der Waals surface area (Å²) in [5.41, 5.74) is 11.3. The minimum atomic E-state index is -0.467. The zero-order valence-corrected chi connectivity index (χ0v) is 12.7. The molecule has 0 atom stereocenters. The molecule has 0 aromatic heterocycles. The molecule has 0 saturated heterocycles. The summed E-state index contributed by atoms with van der Waals surface area (Å²) in [7, 11) is 0. The lowest BCUT2D eigenvalue weighted by Gasteiger charge is -2.22. The van der Waals surface area contributed by atoms with Crippen LogP contribution in [0.2, 0.25) is 0 Å². The topological polar surface area (TPSA) is 64.3 Å². The van der Waals surface area contributed by atoms with Gasteiger partial charge in [-0.2, -0.15) is 0 Å². The Labute approximate surface area is 130 Å². The number of amides is 1. The lowest BCUT2D eigenvalue weighted by Crippen LogP contribution is -2.24. The van der Waals surface area contributed by atoms with Gasteiger partial charge in [-0.25, -0.2) is 0 Å². The van der Waals surface area contributed by atoms with Gasteiger partial charge in [0.25, 0.3) is 5.91 Å². The van der Waals surface area contributed by atoms with Crippen LogP contribution in [0.4, 0.5) is 0 Å². The summed E-state index contributed by atoms with van der Waals surface area (Å²) in [5, 5.41) is 3.39. The monoisotopic (exact) mass is 296 g/mol. The molecule has 0 aliphatic carbocycles. The van der Waals surface area contributed by atoms with Crippen LogP contribution in [0, 0.1) is 6.92 Å². The third kappa shape index (κ3) is 2.97.